The molecule has 4 N–H and O–H groups in total. The molecule has 0 saturated carbocycles. The Bertz CT molecular complexity index is 411. The van der Waals surface area contributed by atoms with E-state index in [1.54, 1.807) is 24.3 Å². The van der Waals surface area contributed by atoms with Crippen molar-refractivity contribution in [2.45, 2.75) is 25.3 Å². The largest absolute Gasteiger partial charge is 0.399 e. The highest BCUT2D eigenvalue weighted by molar-refractivity contribution is 5.89. The Morgan fingerprint density at radius 1 is 1.28 bits per heavy atom. The van der Waals surface area contributed by atoms with Crippen LogP contribution >= 0.6 is 0 Å². The first-order chi connectivity index (χ1) is 8.57. The van der Waals surface area contributed by atoms with E-state index in [0.29, 0.717) is 18.9 Å². The minimum atomic E-state index is -0.191. The van der Waals surface area contributed by atoms with Gasteiger partial charge in [-0.05, 0) is 44.0 Å². The van der Waals surface area contributed by atoms with E-state index in [1.165, 1.54) is 0 Å². The number of nitrogens with one attached hydrogen (secondary N) is 2. The summed E-state index contributed by atoms with van der Waals surface area (Å²) in [5.74, 6) is 0. The van der Waals surface area contributed by atoms with Gasteiger partial charge in [0.15, 0.2) is 0 Å². The van der Waals surface area contributed by atoms with E-state index in [4.69, 9.17) is 10.5 Å². The first-order valence-electron chi connectivity index (χ1n) is 6.10. The Labute approximate surface area is 107 Å². The number of nitrogens with two attached hydrogens (primary N) is 1. The van der Waals surface area contributed by atoms with E-state index < -0.39 is 0 Å². The standard InChI is InChI=1S/C13H19N3O2/c1-13(6-8-18-9-7-13)16-12(17)15-11-4-2-10(14)3-5-11/h2-5H,6-9,14H2,1H3,(H2,15,16,17). The van der Waals surface area contributed by atoms with Crippen LogP contribution in [0, 0.1) is 0 Å². The molecule has 2 amide bonds. The van der Waals surface area contributed by atoms with E-state index in [2.05, 4.69) is 10.6 Å². The van der Waals surface area contributed by atoms with E-state index in [9.17, 15) is 4.79 Å². The Morgan fingerprint density at radius 3 is 2.50 bits per heavy atom. The average molecular weight is 249 g/mol. The molecule has 5 nitrogen and oxygen atoms in total. The van der Waals surface area contributed by atoms with Gasteiger partial charge in [-0.3, -0.25) is 0 Å². The van der Waals surface area contributed by atoms with Gasteiger partial charge in [0.05, 0.1) is 0 Å². The van der Waals surface area contributed by atoms with Crippen LogP contribution in [-0.2, 0) is 4.74 Å². The molecular formula is C13H19N3O2. The number of hydrogen-bond donors (Lipinski definition) is 3. The number of anilines is 2. The molecule has 98 valence electrons. The second kappa shape index (κ2) is 5.27. The number of carbonyl (C=O) groups excluding carboxylic acids is 1. The van der Waals surface area contributed by atoms with Crippen LogP contribution in [-0.4, -0.2) is 24.8 Å². The summed E-state index contributed by atoms with van der Waals surface area (Å²) in [6.45, 7) is 3.43. The number of carbonyl (C=O) groups is 1. The molecule has 0 radical (unpaired) electrons. The van der Waals surface area contributed by atoms with Crippen LogP contribution < -0.4 is 16.4 Å². The molecule has 0 aliphatic carbocycles. The maximum absolute atomic E-state index is 11.9. The lowest BCUT2D eigenvalue weighted by molar-refractivity contribution is 0.0500. The van der Waals surface area contributed by atoms with E-state index >= 15 is 0 Å². The second-order valence-electron chi connectivity index (χ2n) is 4.87. The zero-order chi connectivity index (χ0) is 13.0. The number of ether oxygens (including phenoxy) is 1. The van der Waals surface area contributed by atoms with Crippen molar-refractivity contribution in [2.75, 3.05) is 24.3 Å². The van der Waals surface area contributed by atoms with Crippen molar-refractivity contribution in [1.82, 2.24) is 5.32 Å². The molecule has 0 bridgehead atoms. The lowest BCUT2D eigenvalue weighted by Gasteiger charge is -2.34. The summed E-state index contributed by atoms with van der Waals surface area (Å²) in [5.41, 5.74) is 6.81. The molecular weight excluding hydrogens is 230 g/mol. The van der Waals surface area contributed by atoms with Crippen LogP contribution in [0.2, 0.25) is 0 Å². The third-order valence-corrected chi connectivity index (χ3v) is 3.18. The number of rotatable bonds is 2. The summed E-state index contributed by atoms with van der Waals surface area (Å²) in [7, 11) is 0. The van der Waals surface area contributed by atoms with Crippen molar-refractivity contribution in [3.63, 3.8) is 0 Å². The number of urea groups is 1. The molecule has 1 saturated heterocycles. The van der Waals surface area contributed by atoms with Crippen molar-refractivity contribution in [1.29, 1.82) is 0 Å². The van der Waals surface area contributed by atoms with Gasteiger partial charge in [-0.2, -0.15) is 0 Å². The van der Waals surface area contributed by atoms with Crippen LogP contribution in [0.5, 0.6) is 0 Å². The Morgan fingerprint density at radius 2 is 1.89 bits per heavy atom. The van der Waals surface area contributed by atoms with Crippen molar-refractivity contribution >= 4 is 17.4 Å². The van der Waals surface area contributed by atoms with Gasteiger partial charge >= 0.3 is 6.03 Å². The van der Waals surface area contributed by atoms with Crippen LogP contribution in [0.4, 0.5) is 16.2 Å². The number of hydrogen-bond acceptors (Lipinski definition) is 3. The molecule has 1 aromatic rings. The van der Waals surface area contributed by atoms with Gasteiger partial charge in [0.1, 0.15) is 0 Å². The van der Waals surface area contributed by atoms with Gasteiger partial charge in [0.2, 0.25) is 0 Å². The van der Waals surface area contributed by atoms with E-state index in [0.717, 1.165) is 18.5 Å². The quantitative estimate of drug-likeness (QED) is 0.701. The van der Waals surface area contributed by atoms with Crippen LogP contribution in [0.3, 0.4) is 0 Å². The Kier molecular flexibility index (Phi) is 3.72. The van der Waals surface area contributed by atoms with Crippen LogP contribution in [0.1, 0.15) is 19.8 Å². The summed E-state index contributed by atoms with van der Waals surface area (Å²) in [4.78, 5) is 11.9. The molecule has 2 rings (SSSR count). The maximum Gasteiger partial charge on any atom is 0.319 e. The van der Waals surface area contributed by atoms with Gasteiger partial charge in [-0.15, -0.1) is 0 Å². The highest BCUT2D eigenvalue weighted by atomic mass is 16.5. The van der Waals surface area contributed by atoms with Crippen LogP contribution in [0.25, 0.3) is 0 Å². The molecule has 1 aliphatic heterocycles. The maximum atomic E-state index is 11.9. The number of benzene rings is 1. The molecule has 1 aromatic carbocycles. The number of nitrogen functional groups attached to an aromatic ring is 1. The molecule has 18 heavy (non-hydrogen) atoms. The van der Waals surface area contributed by atoms with Crippen molar-refractivity contribution < 1.29 is 9.53 Å². The second-order valence-corrected chi connectivity index (χ2v) is 4.87. The van der Waals surface area contributed by atoms with Crippen molar-refractivity contribution in [2.24, 2.45) is 0 Å². The van der Waals surface area contributed by atoms with Gasteiger partial charge < -0.3 is 21.1 Å². The summed E-state index contributed by atoms with van der Waals surface area (Å²) >= 11 is 0. The SMILES string of the molecule is CC1(NC(=O)Nc2ccc(N)cc2)CCOCC1. The van der Waals surface area contributed by atoms with Gasteiger partial charge in [0, 0.05) is 30.1 Å². The molecule has 1 aliphatic rings. The fourth-order valence-electron chi connectivity index (χ4n) is 1.95. The first kappa shape index (κ1) is 12.7. The molecule has 0 atom stereocenters. The third kappa shape index (κ3) is 3.37. The fourth-order valence-corrected chi connectivity index (χ4v) is 1.95. The zero-order valence-corrected chi connectivity index (χ0v) is 10.5. The highest BCUT2D eigenvalue weighted by Crippen LogP contribution is 2.20. The van der Waals surface area contributed by atoms with Crippen molar-refractivity contribution in [3.05, 3.63) is 24.3 Å². The predicted octanol–water partition coefficient (Wildman–Crippen LogP) is 1.96. The van der Waals surface area contributed by atoms with Gasteiger partial charge in [-0.1, -0.05) is 0 Å². The lowest BCUT2D eigenvalue weighted by Crippen LogP contribution is -2.51. The Hall–Kier alpha value is -1.75. The summed E-state index contributed by atoms with van der Waals surface area (Å²) in [5, 5.41) is 5.79. The number of amides is 2. The topological polar surface area (TPSA) is 76.4 Å². The molecule has 5 heteroatoms. The molecule has 0 spiro atoms. The summed E-state index contributed by atoms with van der Waals surface area (Å²) in [6.07, 6.45) is 1.67. The van der Waals surface area contributed by atoms with Crippen molar-refractivity contribution in [3.8, 4) is 0 Å². The lowest BCUT2D eigenvalue weighted by atomic mass is 9.93. The van der Waals surface area contributed by atoms with E-state index in [-0.39, 0.29) is 11.6 Å². The normalized spacial score (nSPS) is 18.1. The molecule has 0 aromatic heterocycles. The smallest absolute Gasteiger partial charge is 0.319 e. The average Bonchev–Trinajstić information content (AvgIpc) is 2.32. The Balaban J connectivity index is 1.90. The van der Waals surface area contributed by atoms with E-state index in [1.807, 2.05) is 6.92 Å². The highest BCUT2D eigenvalue weighted by Gasteiger charge is 2.28. The molecule has 0 unspecified atom stereocenters. The minimum absolute atomic E-state index is 0.184. The first-order valence-corrected chi connectivity index (χ1v) is 6.10. The predicted molar refractivity (Wildman–Crippen MR) is 71.5 cm³/mol. The van der Waals surface area contributed by atoms with Gasteiger partial charge in [-0.25, -0.2) is 4.79 Å². The zero-order valence-electron chi connectivity index (χ0n) is 10.5. The molecule has 1 heterocycles. The molecule has 1 fully saturated rings. The van der Waals surface area contributed by atoms with Gasteiger partial charge in [0.25, 0.3) is 0 Å². The van der Waals surface area contributed by atoms with Crippen LogP contribution in [0.15, 0.2) is 24.3 Å². The third-order valence-electron chi connectivity index (χ3n) is 3.18. The monoisotopic (exact) mass is 249 g/mol. The fraction of sp³-hybridized carbons (Fsp3) is 0.462. The summed E-state index contributed by atoms with van der Waals surface area (Å²) < 4.78 is 5.29. The minimum Gasteiger partial charge on any atom is -0.399 e. The summed E-state index contributed by atoms with van der Waals surface area (Å²) in [6, 6.07) is 6.88.